The molecule has 0 saturated heterocycles. The van der Waals surface area contributed by atoms with Gasteiger partial charge >= 0.3 is 0 Å². The fourth-order valence-electron chi connectivity index (χ4n) is 11.2. The molecular formula is C63H42N2S2. The zero-order chi connectivity index (χ0) is 44.4. The van der Waals surface area contributed by atoms with Crippen LogP contribution in [-0.2, 0) is 5.41 Å². The van der Waals surface area contributed by atoms with Gasteiger partial charge in [0, 0.05) is 79.3 Å². The van der Waals surface area contributed by atoms with E-state index >= 15 is 0 Å². The molecule has 1 aliphatic rings. The molecule has 0 atom stereocenters. The molecule has 3 heterocycles. The van der Waals surface area contributed by atoms with Crippen molar-refractivity contribution < 1.29 is 0 Å². The molecule has 14 rings (SSSR count). The summed E-state index contributed by atoms with van der Waals surface area (Å²) in [5.74, 6) is 0. The van der Waals surface area contributed by atoms with E-state index < -0.39 is 0 Å². The SMILES string of the molecule is CC1(C)c2ccccc2-c2ccc(N(c3ccc(-c4ccccc4)cc3)c3ccc(-c4ccc(-n5c6ccc7c8ccccc8sc7c6c6c7c(ccc65)sc5ccccc57)cc4)cc3)cc21. The molecule has 0 aliphatic heterocycles. The average Bonchev–Trinajstić information content (AvgIpc) is 4.11. The smallest absolute Gasteiger partial charge is 0.0556 e. The number of hydrogen-bond acceptors (Lipinski definition) is 3. The van der Waals surface area contributed by atoms with Gasteiger partial charge in [-0.05, 0) is 123 Å². The molecule has 0 spiro atoms. The molecule has 0 amide bonds. The molecule has 0 bridgehead atoms. The number of anilines is 3. The first kappa shape index (κ1) is 38.5. The van der Waals surface area contributed by atoms with E-state index in [-0.39, 0.29) is 5.41 Å². The Hall–Kier alpha value is -7.76. The van der Waals surface area contributed by atoms with E-state index in [0.717, 1.165) is 22.7 Å². The standard InChI is InChI=1S/C63H42N2S2/c1-63(2)52-17-9-6-14-47(52)48-33-32-46(38-53(48)63)64(43-26-20-40(21-27-43)39-12-4-3-5-13-39)44-28-22-41(23-29-44)42-24-30-45(31-25-42)65-54-36-37-58-59(51-16-8-11-19-57(51)66-58)60(54)61-55(65)35-34-50-49-15-7-10-18-56(49)67-62(50)61/h3-38H,1-2H3. The van der Waals surface area contributed by atoms with Gasteiger partial charge in [-0.1, -0.05) is 153 Å². The van der Waals surface area contributed by atoms with Crippen molar-refractivity contribution in [2.24, 2.45) is 0 Å². The minimum atomic E-state index is -0.102. The van der Waals surface area contributed by atoms with Crippen LogP contribution < -0.4 is 4.90 Å². The van der Waals surface area contributed by atoms with Gasteiger partial charge in [0.1, 0.15) is 0 Å². The lowest BCUT2D eigenvalue weighted by Gasteiger charge is -2.28. The Kier molecular flexibility index (Phi) is 8.40. The highest BCUT2D eigenvalue weighted by Gasteiger charge is 2.36. The summed E-state index contributed by atoms with van der Waals surface area (Å²) in [7, 11) is 0. The van der Waals surface area contributed by atoms with Crippen LogP contribution in [0.1, 0.15) is 25.0 Å². The van der Waals surface area contributed by atoms with Crippen LogP contribution in [0.25, 0.3) is 101 Å². The number of thiophene rings is 2. The molecule has 10 aromatic carbocycles. The summed E-state index contributed by atoms with van der Waals surface area (Å²) < 4.78 is 7.84. The molecule has 0 saturated carbocycles. The maximum Gasteiger partial charge on any atom is 0.0556 e. The van der Waals surface area contributed by atoms with E-state index in [1.54, 1.807) is 0 Å². The molecule has 0 unspecified atom stereocenters. The van der Waals surface area contributed by atoms with Crippen molar-refractivity contribution in [3.8, 4) is 39.1 Å². The van der Waals surface area contributed by atoms with E-state index in [1.807, 2.05) is 22.7 Å². The third kappa shape index (κ3) is 5.80. The first-order valence-corrected chi connectivity index (χ1v) is 24.7. The van der Waals surface area contributed by atoms with Gasteiger partial charge in [0.15, 0.2) is 0 Å². The summed E-state index contributed by atoms with van der Waals surface area (Å²) in [6.45, 7) is 4.71. The predicted octanol–water partition coefficient (Wildman–Crippen LogP) is 18.6. The molecule has 2 nitrogen and oxygen atoms in total. The molecule has 4 heteroatoms. The van der Waals surface area contributed by atoms with Crippen LogP contribution in [0.3, 0.4) is 0 Å². The molecule has 1 aliphatic carbocycles. The highest BCUT2D eigenvalue weighted by molar-refractivity contribution is 7.27. The number of rotatable bonds is 6. The fourth-order valence-corrected chi connectivity index (χ4v) is 13.5. The van der Waals surface area contributed by atoms with Crippen LogP contribution in [0.5, 0.6) is 0 Å². The van der Waals surface area contributed by atoms with Crippen LogP contribution in [0.15, 0.2) is 218 Å². The first-order valence-electron chi connectivity index (χ1n) is 23.1. The Bertz CT molecular complexity index is 4090. The van der Waals surface area contributed by atoms with Crippen LogP contribution in [0, 0.1) is 0 Å². The van der Waals surface area contributed by atoms with E-state index in [1.165, 1.54) is 107 Å². The van der Waals surface area contributed by atoms with Crippen molar-refractivity contribution in [2.45, 2.75) is 19.3 Å². The number of fused-ring (bicyclic) bond motifs is 14. The van der Waals surface area contributed by atoms with Crippen molar-refractivity contribution in [1.29, 1.82) is 0 Å². The van der Waals surface area contributed by atoms with Gasteiger partial charge in [0.2, 0.25) is 0 Å². The molecule has 0 fully saturated rings. The Morgan fingerprint density at radius 1 is 0.373 bits per heavy atom. The quantitative estimate of drug-likeness (QED) is 0.161. The number of aromatic nitrogens is 1. The second kappa shape index (κ2) is 14.6. The highest BCUT2D eigenvalue weighted by atomic mass is 32.1. The summed E-state index contributed by atoms with van der Waals surface area (Å²) in [5.41, 5.74) is 17.1. The van der Waals surface area contributed by atoms with Gasteiger partial charge in [0.05, 0.1) is 11.0 Å². The Balaban J connectivity index is 0.872. The fraction of sp³-hybridized carbons (Fsp3) is 0.0476. The van der Waals surface area contributed by atoms with Crippen molar-refractivity contribution >= 4 is 102 Å². The van der Waals surface area contributed by atoms with Crippen LogP contribution in [0.2, 0.25) is 0 Å². The van der Waals surface area contributed by atoms with Crippen molar-refractivity contribution in [3.63, 3.8) is 0 Å². The van der Waals surface area contributed by atoms with E-state index in [0.29, 0.717) is 0 Å². The molecule has 0 radical (unpaired) electrons. The number of nitrogens with zero attached hydrogens (tertiary/aromatic N) is 2. The zero-order valence-corrected chi connectivity index (χ0v) is 38.6. The van der Waals surface area contributed by atoms with E-state index in [4.69, 9.17) is 0 Å². The summed E-state index contributed by atoms with van der Waals surface area (Å²) in [6.07, 6.45) is 0. The summed E-state index contributed by atoms with van der Waals surface area (Å²) in [6, 6.07) is 81.0. The second-order valence-electron chi connectivity index (χ2n) is 18.4. The topological polar surface area (TPSA) is 8.17 Å². The molecule has 13 aromatic rings. The highest BCUT2D eigenvalue weighted by Crippen LogP contribution is 2.52. The monoisotopic (exact) mass is 890 g/mol. The minimum absolute atomic E-state index is 0.102. The summed E-state index contributed by atoms with van der Waals surface area (Å²) >= 11 is 3.81. The predicted molar refractivity (Wildman–Crippen MR) is 290 cm³/mol. The van der Waals surface area contributed by atoms with Crippen molar-refractivity contribution in [1.82, 2.24) is 4.57 Å². The largest absolute Gasteiger partial charge is 0.310 e. The molecular weight excluding hydrogens is 849 g/mol. The third-order valence-electron chi connectivity index (χ3n) is 14.4. The van der Waals surface area contributed by atoms with Gasteiger partial charge in [-0.3, -0.25) is 0 Å². The van der Waals surface area contributed by atoms with Crippen LogP contribution in [0.4, 0.5) is 17.1 Å². The van der Waals surface area contributed by atoms with Crippen molar-refractivity contribution in [3.05, 3.63) is 230 Å². The molecule has 67 heavy (non-hydrogen) atoms. The maximum absolute atomic E-state index is 2.49. The van der Waals surface area contributed by atoms with Crippen LogP contribution >= 0.6 is 22.7 Å². The summed E-state index contributed by atoms with van der Waals surface area (Å²) in [4.78, 5) is 2.41. The lowest BCUT2D eigenvalue weighted by atomic mass is 9.82. The maximum atomic E-state index is 2.49. The van der Waals surface area contributed by atoms with Gasteiger partial charge in [-0.2, -0.15) is 0 Å². The second-order valence-corrected chi connectivity index (χ2v) is 20.6. The Labute approximate surface area is 396 Å². The number of hydrogen-bond donors (Lipinski definition) is 0. The van der Waals surface area contributed by atoms with Crippen LogP contribution in [-0.4, -0.2) is 4.57 Å². The van der Waals surface area contributed by atoms with Crippen molar-refractivity contribution in [2.75, 3.05) is 4.90 Å². The Morgan fingerprint density at radius 2 is 0.925 bits per heavy atom. The third-order valence-corrected chi connectivity index (χ3v) is 16.8. The number of benzene rings is 10. The average molecular weight is 891 g/mol. The van der Waals surface area contributed by atoms with Gasteiger partial charge < -0.3 is 9.47 Å². The van der Waals surface area contributed by atoms with Gasteiger partial charge in [0.25, 0.3) is 0 Å². The Morgan fingerprint density at radius 3 is 1.66 bits per heavy atom. The summed E-state index contributed by atoms with van der Waals surface area (Å²) in [5, 5.41) is 8.04. The van der Waals surface area contributed by atoms with E-state index in [9.17, 15) is 0 Å². The minimum Gasteiger partial charge on any atom is -0.310 e. The lowest BCUT2D eigenvalue weighted by Crippen LogP contribution is -2.16. The lowest BCUT2D eigenvalue weighted by molar-refractivity contribution is 0.660. The van der Waals surface area contributed by atoms with Gasteiger partial charge in [-0.25, -0.2) is 0 Å². The zero-order valence-electron chi connectivity index (χ0n) is 37.0. The molecule has 3 aromatic heterocycles. The first-order chi connectivity index (χ1) is 33.0. The van der Waals surface area contributed by atoms with Gasteiger partial charge in [-0.15, -0.1) is 22.7 Å². The normalized spacial score (nSPS) is 13.0. The molecule has 316 valence electrons. The molecule has 0 N–H and O–H groups in total. The van der Waals surface area contributed by atoms with E-state index in [2.05, 4.69) is 242 Å².